The second-order valence-electron chi connectivity index (χ2n) is 5.22. The molecule has 0 heterocycles. The Kier molecular flexibility index (Phi) is 4.06. The Balaban J connectivity index is 2.16. The number of hydrogen-bond acceptors (Lipinski definition) is 2. The van der Waals surface area contributed by atoms with Crippen LogP contribution in [-0.4, -0.2) is 19.7 Å². The molecule has 2 rings (SSSR count). The van der Waals surface area contributed by atoms with Gasteiger partial charge in [0, 0.05) is 12.6 Å². The molecule has 2 heteroatoms. The molecule has 0 amide bonds. The fourth-order valence-corrected chi connectivity index (χ4v) is 2.59. The minimum absolute atomic E-state index is 0.561. The maximum Gasteiger partial charge on any atom is 0.119 e. The molecule has 1 aromatic rings. The predicted molar refractivity (Wildman–Crippen MR) is 71.8 cm³/mol. The van der Waals surface area contributed by atoms with Gasteiger partial charge >= 0.3 is 0 Å². The van der Waals surface area contributed by atoms with E-state index in [9.17, 15) is 0 Å². The highest BCUT2D eigenvalue weighted by molar-refractivity contribution is 5.39. The van der Waals surface area contributed by atoms with Gasteiger partial charge in [0.15, 0.2) is 0 Å². The standard InChI is InChI=1S/C15H23NO/c1-11(2)16-10-13-6-4-5-12-7-8-14(17-3)9-15(12)13/h7-9,11,13,16H,4-6,10H2,1-3H3. The first-order valence-electron chi connectivity index (χ1n) is 6.61. The van der Waals surface area contributed by atoms with Crippen LogP contribution in [0.25, 0.3) is 0 Å². The van der Waals surface area contributed by atoms with Crippen LogP contribution in [0.1, 0.15) is 43.7 Å². The Morgan fingerprint density at radius 1 is 1.41 bits per heavy atom. The number of aryl methyl sites for hydroxylation is 1. The predicted octanol–water partition coefficient (Wildman–Crippen LogP) is 3.11. The summed E-state index contributed by atoms with van der Waals surface area (Å²) in [6.45, 7) is 5.49. The number of hydrogen-bond donors (Lipinski definition) is 1. The summed E-state index contributed by atoms with van der Waals surface area (Å²) < 4.78 is 5.33. The van der Waals surface area contributed by atoms with Gasteiger partial charge in [0.05, 0.1) is 7.11 Å². The average molecular weight is 233 g/mol. The molecular weight excluding hydrogens is 210 g/mol. The second kappa shape index (κ2) is 5.54. The largest absolute Gasteiger partial charge is 0.497 e. The van der Waals surface area contributed by atoms with E-state index in [1.165, 1.54) is 30.4 Å². The highest BCUT2D eigenvalue weighted by Gasteiger charge is 2.20. The first kappa shape index (κ1) is 12.4. The van der Waals surface area contributed by atoms with Crippen LogP contribution >= 0.6 is 0 Å². The van der Waals surface area contributed by atoms with Gasteiger partial charge in [-0.05, 0) is 48.4 Å². The van der Waals surface area contributed by atoms with Crippen LogP contribution in [0.5, 0.6) is 5.75 Å². The van der Waals surface area contributed by atoms with Gasteiger partial charge < -0.3 is 10.1 Å². The molecule has 0 aliphatic heterocycles. The van der Waals surface area contributed by atoms with Gasteiger partial charge in [0.2, 0.25) is 0 Å². The molecule has 1 aromatic carbocycles. The fraction of sp³-hybridized carbons (Fsp3) is 0.600. The Bertz CT molecular complexity index is 373. The second-order valence-corrected chi connectivity index (χ2v) is 5.22. The van der Waals surface area contributed by atoms with Crippen molar-refractivity contribution < 1.29 is 4.74 Å². The summed E-state index contributed by atoms with van der Waals surface area (Å²) in [5.41, 5.74) is 3.00. The third-order valence-electron chi connectivity index (χ3n) is 3.56. The van der Waals surface area contributed by atoms with Crippen LogP contribution in [0.4, 0.5) is 0 Å². The maximum absolute atomic E-state index is 5.33. The monoisotopic (exact) mass is 233 g/mol. The van der Waals surface area contributed by atoms with E-state index in [0.717, 1.165) is 12.3 Å². The molecule has 1 aliphatic carbocycles. The summed E-state index contributed by atoms with van der Waals surface area (Å²) in [7, 11) is 1.74. The average Bonchev–Trinajstić information content (AvgIpc) is 2.35. The number of nitrogens with one attached hydrogen (secondary N) is 1. The van der Waals surface area contributed by atoms with Gasteiger partial charge in [0.1, 0.15) is 5.75 Å². The van der Waals surface area contributed by atoms with Gasteiger partial charge in [-0.3, -0.25) is 0 Å². The van der Waals surface area contributed by atoms with Crippen molar-refractivity contribution in [3.05, 3.63) is 29.3 Å². The molecule has 94 valence electrons. The van der Waals surface area contributed by atoms with Gasteiger partial charge in [-0.2, -0.15) is 0 Å². The molecule has 0 saturated carbocycles. The van der Waals surface area contributed by atoms with Crippen molar-refractivity contribution in [1.29, 1.82) is 0 Å². The number of rotatable bonds is 4. The molecule has 0 spiro atoms. The molecule has 0 bridgehead atoms. The minimum atomic E-state index is 0.561. The Labute approximate surface area is 104 Å². The van der Waals surface area contributed by atoms with Gasteiger partial charge in [-0.1, -0.05) is 19.9 Å². The number of methoxy groups -OCH3 is 1. The first-order valence-corrected chi connectivity index (χ1v) is 6.61. The summed E-state index contributed by atoms with van der Waals surface area (Å²) in [5, 5.41) is 3.55. The molecule has 0 saturated heterocycles. The Morgan fingerprint density at radius 2 is 2.24 bits per heavy atom. The lowest BCUT2D eigenvalue weighted by molar-refractivity contribution is 0.411. The summed E-state index contributed by atoms with van der Waals surface area (Å²) >= 11 is 0. The van der Waals surface area contributed by atoms with E-state index in [0.29, 0.717) is 12.0 Å². The maximum atomic E-state index is 5.33. The minimum Gasteiger partial charge on any atom is -0.497 e. The lowest BCUT2D eigenvalue weighted by Crippen LogP contribution is -2.29. The zero-order chi connectivity index (χ0) is 12.3. The molecule has 0 aromatic heterocycles. The van der Waals surface area contributed by atoms with Gasteiger partial charge in [0.25, 0.3) is 0 Å². The van der Waals surface area contributed by atoms with Crippen molar-refractivity contribution in [3.63, 3.8) is 0 Å². The normalized spacial score (nSPS) is 19.2. The van der Waals surface area contributed by atoms with E-state index in [1.807, 2.05) is 0 Å². The van der Waals surface area contributed by atoms with Crippen LogP contribution in [-0.2, 0) is 6.42 Å². The topological polar surface area (TPSA) is 21.3 Å². The van der Waals surface area contributed by atoms with E-state index < -0.39 is 0 Å². The Morgan fingerprint density at radius 3 is 2.94 bits per heavy atom. The molecule has 17 heavy (non-hydrogen) atoms. The summed E-state index contributed by atoms with van der Waals surface area (Å²) in [6.07, 6.45) is 3.82. The SMILES string of the molecule is COc1ccc2c(c1)C(CNC(C)C)CCC2. The molecule has 1 aliphatic rings. The molecule has 1 N–H and O–H groups in total. The summed E-state index contributed by atoms with van der Waals surface area (Å²) in [6, 6.07) is 7.10. The zero-order valence-corrected chi connectivity index (χ0v) is 11.1. The Hall–Kier alpha value is -1.02. The van der Waals surface area contributed by atoms with Crippen LogP contribution in [0, 0.1) is 0 Å². The fourth-order valence-electron chi connectivity index (χ4n) is 2.59. The lowest BCUT2D eigenvalue weighted by atomic mass is 9.82. The smallest absolute Gasteiger partial charge is 0.119 e. The van der Waals surface area contributed by atoms with Crippen molar-refractivity contribution in [3.8, 4) is 5.75 Å². The van der Waals surface area contributed by atoms with Crippen LogP contribution in [0.15, 0.2) is 18.2 Å². The molecule has 1 atom stereocenters. The van der Waals surface area contributed by atoms with Gasteiger partial charge in [-0.25, -0.2) is 0 Å². The van der Waals surface area contributed by atoms with Crippen molar-refractivity contribution >= 4 is 0 Å². The molecule has 0 radical (unpaired) electrons. The third kappa shape index (κ3) is 3.01. The molecule has 0 fully saturated rings. The number of fused-ring (bicyclic) bond motifs is 1. The van der Waals surface area contributed by atoms with Gasteiger partial charge in [-0.15, -0.1) is 0 Å². The van der Waals surface area contributed by atoms with Crippen molar-refractivity contribution in [2.24, 2.45) is 0 Å². The highest BCUT2D eigenvalue weighted by Crippen LogP contribution is 2.33. The van der Waals surface area contributed by atoms with Crippen molar-refractivity contribution in [1.82, 2.24) is 5.32 Å². The van der Waals surface area contributed by atoms with E-state index >= 15 is 0 Å². The molecular formula is C15H23NO. The van der Waals surface area contributed by atoms with Crippen LogP contribution in [0.2, 0.25) is 0 Å². The van der Waals surface area contributed by atoms with E-state index in [1.54, 1.807) is 7.11 Å². The lowest BCUT2D eigenvalue weighted by Gasteiger charge is -2.27. The number of ether oxygens (including phenoxy) is 1. The number of benzene rings is 1. The summed E-state index contributed by atoms with van der Waals surface area (Å²) in [5.74, 6) is 1.64. The van der Waals surface area contributed by atoms with E-state index in [2.05, 4.69) is 37.4 Å². The molecule has 2 nitrogen and oxygen atoms in total. The van der Waals surface area contributed by atoms with E-state index in [-0.39, 0.29) is 0 Å². The van der Waals surface area contributed by atoms with Crippen molar-refractivity contribution in [2.45, 2.75) is 45.1 Å². The summed E-state index contributed by atoms with van der Waals surface area (Å²) in [4.78, 5) is 0. The third-order valence-corrected chi connectivity index (χ3v) is 3.56. The van der Waals surface area contributed by atoms with Crippen molar-refractivity contribution in [2.75, 3.05) is 13.7 Å². The highest BCUT2D eigenvalue weighted by atomic mass is 16.5. The van der Waals surface area contributed by atoms with E-state index in [4.69, 9.17) is 4.74 Å². The first-order chi connectivity index (χ1) is 8.20. The van der Waals surface area contributed by atoms with Crippen LogP contribution in [0.3, 0.4) is 0 Å². The van der Waals surface area contributed by atoms with Crippen LogP contribution < -0.4 is 10.1 Å². The zero-order valence-electron chi connectivity index (χ0n) is 11.1. The molecule has 1 unspecified atom stereocenters. The quantitative estimate of drug-likeness (QED) is 0.862.